The molecule has 4 nitrogen and oxygen atoms in total. The van der Waals surface area contributed by atoms with E-state index in [-0.39, 0.29) is 11.8 Å². The lowest BCUT2D eigenvalue weighted by molar-refractivity contribution is -0.111. The molecule has 0 atom stereocenters. The zero-order valence-electron chi connectivity index (χ0n) is 14.1. The van der Waals surface area contributed by atoms with E-state index in [2.05, 4.69) is 29.4 Å². The molecule has 0 unspecified atom stereocenters. The van der Waals surface area contributed by atoms with Crippen molar-refractivity contribution in [1.29, 1.82) is 0 Å². The SMILES string of the molecule is CC(C)c1nnc(NC(=O)C(=Cc2ccccc2)c2ccccc2)s1. The summed E-state index contributed by atoms with van der Waals surface area (Å²) in [6.07, 6.45) is 1.88. The Kier molecular flexibility index (Phi) is 5.36. The van der Waals surface area contributed by atoms with Gasteiger partial charge < -0.3 is 0 Å². The summed E-state index contributed by atoms with van der Waals surface area (Å²) in [5.74, 6) is 0.0955. The summed E-state index contributed by atoms with van der Waals surface area (Å²) >= 11 is 1.41. The Morgan fingerprint density at radius 3 is 2.24 bits per heavy atom. The number of benzene rings is 2. The molecule has 0 saturated heterocycles. The van der Waals surface area contributed by atoms with Crippen LogP contribution in [0.2, 0.25) is 0 Å². The molecular weight excluding hydrogens is 330 g/mol. The van der Waals surface area contributed by atoms with Gasteiger partial charge >= 0.3 is 0 Å². The summed E-state index contributed by atoms with van der Waals surface area (Å²) in [5, 5.41) is 12.5. The first-order valence-corrected chi connectivity index (χ1v) is 8.92. The lowest BCUT2D eigenvalue weighted by Crippen LogP contribution is -2.13. The van der Waals surface area contributed by atoms with Gasteiger partial charge in [-0.15, -0.1) is 10.2 Å². The summed E-state index contributed by atoms with van der Waals surface area (Å²) in [6.45, 7) is 4.10. The normalized spacial score (nSPS) is 11.6. The van der Waals surface area contributed by atoms with Crippen LogP contribution in [0.4, 0.5) is 5.13 Å². The van der Waals surface area contributed by atoms with Crippen LogP contribution in [0, 0.1) is 0 Å². The largest absolute Gasteiger partial charge is 0.296 e. The quantitative estimate of drug-likeness (QED) is 0.530. The van der Waals surface area contributed by atoms with Crippen LogP contribution in [0.1, 0.15) is 35.9 Å². The summed E-state index contributed by atoms with van der Waals surface area (Å²) in [4.78, 5) is 12.9. The molecule has 5 heteroatoms. The van der Waals surface area contributed by atoms with Gasteiger partial charge in [-0.3, -0.25) is 10.1 Å². The van der Waals surface area contributed by atoms with Gasteiger partial charge in [0, 0.05) is 11.5 Å². The topological polar surface area (TPSA) is 54.9 Å². The molecule has 1 amide bonds. The monoisotopic (exact) mass is 349 g/mol. The highest BCUT2D eigenvalue weighted by molar-refractivity contribution is 7.15. The van der Waals surface area contributed by atoms with E-state index < -0.39 is 0 Å². The van der Waals surface area contributed by atoms with Crippen molar-refractivity contribution in [2.45, 2.75) is 19.8 Å². The Morgan fingerprint density at radius 1 is 1.00 bits per heavy atom. The Hall–Kier alpha value is -2.79. The van der Waals surface area contributed by atoms with Crippen LogP contribution in [-0.2, 0) is 4.79 Å². The van der Waals surface area contributed by atoms with Crippen LogP contribution in [0.15, 0.2) is 60.7 Å². The van der Waals surface area contributed by atoms with Crippen molar-refractivity contribution in [3.05, 3.63) is 76.8 Å². The van der Waals surface area contributed by atoms with Gasteiger partial charge in [0.15, 0.2) is 0 Å². The predicted molar refractivity (Wildman–Crippen MR) is 103 cm³/mol. The van der Waals surface area contributed by atoms with Crippen LogP contribution in [0.3, 0.4) is 0 Å². The van der Waals surface area contributed by atoms with Gasteiger partial charge in [-0.25, -0.2) is 0 Å². The highest BCUT2D eigenvalue weighted by atomic mass is 32.1. The van der Waals surface area contributed by atoms with Crippen LogP contribution >= 0.6 is 11.3 Å². The molecule has 1 aromatic heterocycles. The maximum Gasteiger partial charge on any atom is 0.258 e. The molecule has 0 fully saturated rings. The van der Waals surface area contributed by atoms with Crippen molar-refractivity contribution in [3.8, 4) is 0 Å². The van der Waals surface area contributed by atoms with E-state index in [1.807, 2.05) is 66.7 Å². The fourth-order valence-electron chi connectivity index (χ4n) is 2.30. The van der Waals surface area contributed by atoms with Gasteiger partial charge in [-0.05, 0) is 17.2 Å². The molecule has 25 heavy (non-hydrogen) atoms. The van der Waals surface area contributed by atoms with Crippen molar-refractivity contribution in [2.24, 2.45) is 0 Å². The van der Waals surface area contributed by atoms with E-state index in [1.54, 1.807) is 0 Å². The summed E-state index contributed by atoms with van der Waals surface area (Å²) in [6, 6.07) is 19.4. The number of hydrogen-bond donors (Lipinski definition) is 1. The number of nitrogens with one attached hydrogen (secondary N) is 1. The first-order valence-electron chi connectivity index (χ1n) is 8.10. The third kappa shape index (κ3) is 4.39. The van der Waals surface area contributed by atoms with Crippen LogP contribution in [0.25, 0.3) is 11.6 Å². The number of hydrogen-bond acceptors (Lipinski definition) is 4. The van der Waals surface area contributed by atoms with Crippen molar-refractivity contribution >= 4 is 34.0 Å². The van der Waals surface area contributed by atoms with Gasteiger partial charge in [0.2, 0.25) is 5.13 Å². The maximum atomic E-state index is 12.9. The average Bonchev–Trinajstić information content (AvgIpc) is 3.10. The second-order valence-corrected chi connectivity index (χ2v) is 6.90. The zero-order valence-corrected chi connectivity index (χ0v) is 15.0. The Morgan fingerprint density at radius 2 is 1.64 bits per heavy atom. The molecule has 3 rings (SSSR count). The summed E-state index contributed by atoms with van der Waals surface area (Å²) in [7, 11) is 0. The summed E-state index contributed by atoms with van der Waals surface area (Å²) in [5.41, 5.74) is 2.42. The molecule has 0 radical (unpaired) electrons. The smallest absolute Gasteiger partial charge is 0.258 e. The number of amides is 1. The number of anilines is 1. The van der Waals surface area contributed by atoms with Crippen LogP contribution in [-0.4, -0.2) is 16.1 Å². The maximum absolute atomic E-state index is 12.9. The molecule has 0 bridgehead atoms. The first-order chi connectivity index (χ1) is 12.1. The van der Waals surface area contributed by atoms with E-state index in [0.29, 0.717) is 10.7 Å². The molecule has 0 aliphatic rings. The van der Waals surface area contributed by atoms with Gasteiger partial charge in [0.05, 0.1) is 0 Å². The molecular formula is C20H19N3OS. The second kappa shape index (κ2) is 7.85. The van der Waals surface area contributed by atoms with Gasteiger partial charge in [0.1, 0.15) is 5.01 Å². The summed E-state index contributed by atoms with van der Waals surface area (Å²) < 4.78 is 0. The number of rotatable bonds is 5. The standard InChI is InChI=1S/C20H19N3OS/c1-14(2)19-22-23-20(25-19)21-18(24)17(16-11-7-4-8-12-16)13-15-9-5-3-6-10-15/h3-14H,1-2H3,(H,21,23,24). The molecule has 2 aromatic carbocycles. The number of aromatic nitrogens is 2. The van der Waals surface area contributed by atoms with Crippen LogP contribution < -0.4 is 5.32 Å². The minimum atomic E-state index is -0.193. The number of carbonyl (C=O) groups excluding carboxylic acids is 1. The molecule has 3 aromatic rings. The minimum Gasteiger partial charge on any atom is -0.296 e. The fourth-order valence-corrected chi connectivity index (χ4v) is 3.04. The molecule has 0 spiro atoms. The predicted octanol–water partition coefficient (Wildman–Crippen LogP) is 4.84. The highest BCUT2D eigenvalue weighted by Gasteiger charge is 2.15. The average molecular weight is 349 g/mol. The van der Waals surface area contributed by atoms with Crippen molar-refractivity contribution in [2.75, 3.05) is 5.32 Å². The van der Waals surface area contributed by atoms with E-state index in [4.69, 9.17) is 0 Å². The fraction of sp³-hybridized carbons (Fsp3) is 0.150. The molecule has 0 aliphatic heterocycles. The first kappa shape index (κ1) is 17.0. The Labute approximate surface area is 151 Å². The third-order valence-corrected chi connectivity index (χ3v) is 4.73. The molecule has 0 saturated carbocycles. The molecule has 1 heterocycles. The van der Waals surface area contributed by atoms with E-state index in [1.165, 1.54) is 11.3 Å². The zero-order chi connectivity index (χ0) is 17.6. The Bertz CT molecular complexity index is 870. The third-order valence-electron chi connectivity index (χ3n) is 3.59. The number of nitrogens with zero attached hydrogens (tertiary/aromatic N) is 2. The molecule has 126 valence electrons. The lowest BCUT2D eigenvalue weighted by Gasteiger charge is -2.08. The van der Waals surface area contributed by atoms with E-state index in [9.17, 15) is 4.79 Å². The van der Waals surface area contributed by atoms with Gasteiger partial charge in [0.25, 0.3) is 5.91 Å². The second-order valence-electron chi connectivity index (χ2n) is 5.89. The van der Waals surface area contributed by atoms with Crippen molar-refractivity contribution in [3.63, 3.8) is 0 Å². The molecule has 1 N–H and O–H groups in total. The lowest BCUT2D eigenvalue weighted by atomic mass is 10.0. The van der Waals surface area contributed by atoms with Crippen molar-refractivity contribution < 1.29 is 4.79 Å². The van der Waals surface area contributed by atoms with Gasteiger partial charge in [-0.1, -0.05) is 85.8 Å². The van der Waals surface area contributed by atoms with Crippen LogP contribution in [0.5, 0.6) is 0 Å². The van der Waals surface area contributed by atoms with E-state index >= 15 is 0 Å². The van der Waals surface area contributed by atoms with Crippen molar-refractivity contribution in [1.82, 2.24) is 10.2 Å². The molecule has 0 aliphatic carbocycles. The minimum absolute atomic E-state index is 0.193. The highest BCUT2D eigenvalue weighted by Crippen LogP contribution is 2.25. The Balaban J connectivity index is 1.91. The number of carbonyl (C=O) groups is 1. The van der Waals surface area contributed by atoms with Gasteiger partial charge in [-0.2, -0.15) is 0 Å². The van der Waals surface area contributed by atoms with E-state index in [0.717, 1.165) is 16.1 Å².